The van der Waals surface area contributed by atoms with Crippen LogP contribution in [0.5, 0.6) is 5.75 Å². The van der Waals surface area contributed by atoms with E-state index in [1.807, 2.05) is 0 Å². The van der Waals surface area contributed by atoms with Crippen molar-refractivity contribution in [2.75, 3.05) is 24.7 Å². The van der Waals surface area contributed by atoms with Crippen LogP contribution >= 0.6 is 11.6 Å². The third-order valence-corrected chi connectivity index (χ3v) is 2.70. The van der Waals surface area contributed by atoms with Crippen molar-refractivity contribution in [3.05, 3.63) is 23.2 Å². The molecule has 1 aliphatic rings. The van der Waals surface area contributed by atoms with Crippen LogP contribution in [0.4, 0.5) is 5.69 Å². The number of fused-ring (bicyclic) bond motifs is 1. The van der Waals surface area contributed by atoms with Gasteiger partial charge in [0, 0.05) is 5.02 Å². The average molecular weight is 258 g/mol. The maximum absolute atomic E-state index is 11.7. The van der Waals surface area contributed by atoms with Crippen molar-refractivity contribution < 1.29 is 19.7 Å². The third kappa shape index (κ3) is 2.52. The summed E-state index contributed by atoms with van der Waals surface area (Å²) in [7, 11) is 0. The molecule has 92 valence electrons. The molecule has 0 fully saturated rings. The molecule has 1 aromatic rings. The van der Waals surface area contributed by atoms with Crippen LogP contribution in [-0.2, 0) is 4.79 Å². The third-order valence-electron chi connectivity index (χ3n) is 2.47. The molecule has 17 heavy (non-hydrogen) atoms. The first-order valence-corrected chi connectivity index (χ1v) is 5.51. The number of benzene rings is 1. The highest BCUT2D eigenvalue weighted by Crippen LogP contribution is 2.34. The lowest BCUT2D eigenvalue weighted by molar-refractivity contribution is -0.121. The second-order valence-corrected chi connectivity index (χ2v) is 4.18. The summed E-state index contributed by atoms with van der Waals surface area (Å²) < 4.78 is 5.24. The van der Waals surface area contributed by atoms with E-state index in [0.717, 1.165) is 0 Å². The van der Waals surface area contributed by atoms with Gasteiger partial charge in [0.05, 0.1) is 24.9 Å². The van der Waals surface area contributed by atoms with Gasteiger partial charge in [0.25, 0.3) is 5.91 Å². The number of hydrogen-bond donors (Lipinski definition) is 2. The van der Waals surface area contributed by atoms with Crippen molar-refractivity contribution >= 4 is 23.2 Å². The number of ether oxygens (including phenoxy) is 1. The first-order valence-electron chi connectivity index (χ1n) is 5.13. The van der Waals surface area contributed by atoms with Gasteiger partial charge >= 0.3 is 0 Å². The van der Waals surface area contributed by atoms with Crippen LogP contribution in [0.2, 0.25) is 5.02 Å². The van der Waals surface area contributed by atoms with Gasteiger partial charge in [-0.2, -0.15) is 0 Å². The fourth-order valence-electron chi connectivity index (χ4n) is 1.64. The van der Waals surface area contributed by atoms with Gasteiger partial charge in [0.2, 0.25) is 0 Å². The summed E-state index contributed by atoms with van der Waals surface area (Å²) in [4.78, 5) is 13.1. The Morgan fingerprint density at radius 2 is 2.29 bits per heavy atom. The number of hydrogen-bond acceptors (Lipinski definition) is 4. The van der Waals surface area contributed by atoms with E-state index in [4.69, 9.17) is 21.4 Å². The predicted molar refractivity (Wildman–Crippen MR) is 62.4 cm³/mol. The van der Waals surface area contributed by atoms with Crippen LogP contribution in [0.25, 0.3) is 0 Å². The quantitative estimate of drug-likeness (QED) is 0.823. The number of amides is 1. The largest absolute Gasteiger partial charge is 0.482 e. The number of carbonyl (C=O) groups excluding carboxylic acids is 1. The number of carbonyl (C=O) groups is 1. The number of rotatable bonds is 3. The smallest absolute Gasteiger partial charge is 0.265 e. The van der Waals surface area contributed by atoms with Gasteiger partial charge in [-0.1, -0.05) is 11.6 Å². The Kier molecular flexibility index (Phi) is 3.51. The molecule has 0 radical (unpaired) electrons. The zero-order valence-corrected chi connectivity index (χ0v) is 9.72. The van der Waals surface area contributed by atoms with Crippen molar-refractivity contribution in [2.45, 2.75) is 6.10 Å². The minimum Gasteiger partial charge on any atom is -0.482 e. The van der Waals surface area contributed by atoms with E-state index in [0.29, 0.717) is 16.5 Å². The van der Waals surface area contributed by atoms with Crippen LogP contribution in [0, 0.1) is 0 Å². The van der Waals surface area contributed by atoms with E-state index >= 15 is 0 Å². The second kappa shape index (κ2) is 4.91. The van der Waals surface area contributed by atoms with Crippen molar-refractivity contribution in [1.29, 1.82) is 0 Å². The van der Waals surface area contributed by atoms with Gasteiger partial charge in [-0.3, -0.25) is 4.79 Å². The Hall–Kier alpha value is -1.30. The zero-order valence-electron chi connectivity index (χ0n) is 8.97. The lowest BCUT2D eigenvalue weighted by Crippen LogP contribution is -2.44. The maximum atomic E-state index is 11.7. The minimum atomic E-state index is -0.983. The Morgan fingerprint density at radius 3 is 3.00 bits per heavy atom. The summed E-state index contributed by atoms with van der Waals surface area (Å²) in [5.74, 6) is 0.270. The molecule has 0 aliphatic carbocycles. The molecule has 0 saturated carbocycles. The Balaban J connectivity index is 2.32. The molecular formula is C11H12ClNO4. The molecule has 6 heteroatoms. The highest BCUT2D eigenvalue weighted by Gasteiger charge is 2.27. The summed E-state index contributed by atoms with van der Waals surface area (Å²) in [6.07, 6.45) is -0.983. The summed E-state index contributed by atoms with van der Waals surface area (Å²) in [5.41, 5.74) is 0.515. The van der Waals surface area contributed by atoms with Gasteiger partial charge in [0.15, 0.2) is 6.61 Å². The van der Waals surface area contributed by atoms with Crippen molar-refractivity contribution in [3.63, 3.8) is 0 Å². The fourth-order valence-corrected chi connectivity index (χ4v) is 1.81. The van der Waals surface area contributed by atoms with Gasteiger partial charge in [-0.15, -0.1) is 0 Å². The number of aliphatic hydroxyl groups is 2. The topological polar surface area (TPSA) is 70.0 Å². The number of nitrogens with zero attached hydrogens (tertiary/aromatic N) is 1. The number of aliphatic hydroxyl groups excluding tert-OH is 2. The van der Waals surface area contributed by atoms with Gasteiger partial charge in [-0.05, 0) is 18.2 Å². The lowest BCUT2D eigenvalue weighted by Gasteiger charge is -2.30. The molecule has 1 amide bonds. The maximum Gasteiger partial charge on any atom is 0.265 e. The van der Waals surface area contributed by atoms with Crippen LogP contribution < -0.4 is 9.64 Å². The van der Waals surface area contributed by atoms with Crippen LogP contribution in [-0.4, -0.2) is 42.0 Å². The van der Waals surface area contributed by atoms with Crippen molar-refractivity contribution in [3.8, 4) is 5.75 Å². The molecule has 0 bridgehead atoms. The summed E-state index contributed by atoms with van der Waals surface area (Å²) in [5, 5.41) is 18.7. The Labute approximate surface area is 103 Å². The summed E-state index contributed by atoms with van der Waals surface area (Å²) in [6.45, 7) is -0.459. The monoisotopic (exact) mass is 257 g/mol. The highest BCUT2D eigenvalue weighted by atomic mass is 35.5. The van der Waals surface area contributed by atoms with E-state index in [9.17, 15) is 9.90 Å². The molecule has 1 heterocycles. The molecule has 1 aromatic carbocycles. The standard InChI is InChI=1S/C11H12ClNO4/c12-7-1-2-10-9(3-7)13(4-8(15)5-14)11(16)6-17-10/h1-3,8,14-15H,4-6H2. The van der Waals surface area contributed by atoms with Gasteiger partial charge < -0.3 is 19.8 Å². The minimum absolute atomic E-state index is 0.0199. The molecule has 2 rings (SSSR count). The number of β-amino-alcohol motifs (C(OH)–C–C–N with tert-alkyl or cyclic N) is 1. The second-order valence-electron chi connectivity index (χ2n) is 3.74. The molecule has 1 atom stereocenters. The van der Waals surface area contributed by atoms with Gasteiger partial charge in [0.1, 0.15) is 5.75 Å². The van der Waals surface area contributed by atoms with Crippen molar-refractivity contribution in [2.24, 2.45) is 0 Å². The van der Waals surface area contributed by atoms with E-state index in [1.54, 1.807) is 18.2 Å². The van der Waals surface area contributed by atoms with Gasteiger partial charge in [-0.25, -0.2) is 0 Å². The molecule has 0 spiro atoms. The van der Waals surface area contributed by atoms with Crippen LogP contribution in [0.1, 0.15) is 0 Å². The van der Waals surface area contributed by atoms with Crippen molar-refractivity contribution in [1.82, 2.24) is 0 Å². The molecule has 1 aliphatic heterocycles. The molecule has 5 nitrogen and oxygen atoms in total. The van der Waals surface area contributed by atoms with E-state index in [1.165, 1.54) is 4.90 Å². The molecule has 0 saturated heterocycles. The van der Waals surface area contributed by atoms with E-state index in [2.05, 4.69) is 0 Å². The Bertz CT molecular complexity index is 437. The molecule has 0 aromatic heterocycles. The molecular weight excluding hydrogens is 246 g/mol. The zero-order chi connectivity index (χ0) is 12.4. The normalized spacial score (nSPS) is 16.4. The number of anilines is 1. The SMILES string of the molecule is O=C1COc2ccc(Cl)cc2N1CC(O)CO. The van der Waals surface area contributed by atoms with E-state index < -0.39 is 12.7 Å². The lowest BCUT2D eigenvalue weighted by atomic mass is 10.2. The number of halogens is 1. The summed E-state index contributed by atoms with van der Waals surface area (Å²) >= 11 is 5.85. The fraction of sp³-hybridized carbons (Fsp3) is 0.364. The predicted octanol–water partition coefficient (Wildman–Crippen LogP) is 0.419. The average Bonchev–Trinajstić information content (AvgIpc) is 2.32. The first kappa shape index (κ1) is 12.2. The molecule has 2 N–H and O–H groups in total. The first-order chi connectivity index (χ1) is 8.11. The Morgan fingerprint density at radius 1 is 1.53 bits per heavy atom. The summed E-state index contributed by atoms with van der Waals surface area (Å²) in [6, 6.07) is 4.93. The molecule has 1 unspecified atom stereocenters. The van der Waals surface area contributed by atoms with Crippen LogP contribution in [0.3, 0.4) is 0 Å². The van der Waals surface area contributed by atoms with E-state index in [-0.39, 0.29) is 19.1 Å². The van der Waals surface area contributed by atoms with Crippen LogP contribution in [0.15, 0.2) is 18.2 Å². The highest BCUT2D eigenvalue weighted by molar-refractivity contribution is 6.31.